The maximum atomic E-state index is 13.2. The van der Waals surface area contributed by atoms with Gasteiger partial charge in [0.2, 0.25) is 11.8 Å². The Morgan fingerprint density at radius 2 is 1.85 bits per heavy atom. The van der Waals surface area contributed by atoms with Crippen LogP contribution in [0.1, 0.15) is 0 Å². The number of aliphatic carboxylic acids is 1. The van der Waals surface area contributed by atoms with Gasteiger partial charge in [0.15, 0.2) is 23.7 Å². The van der Waals surface area contributed by atoms with E-state index < -0.39 is 5.97 Å². The van der Waals surface area contributed by atoms with Crippen molar-refractivity contribution in [1.29, 1.82) is 0 Å². The standard InChI is InChI=1S/C25H27N9O5/c1-30-20-22(28-24(26)34-23(20)27-21(29-34)18-3-2-14-38-18)33(25(30)37)13-10-31-8-11-32(12-9-31)16-4-6-17(7-5-16)39-15-19(35)36/h2-7,14H,8-13,15H2,1H3,(H2,26,28)(H,35,36). The Hall–Kier alpha value is -4.85. The largest absolute Gasteiger partial charge is 0.482 e. The minimum Gasteiger partial charge on any atom is -0.482 e. The van der Waals surface area contributed by atoms with Crippen molar-refractivity contribution >= 4 is 34.4 Å². The first-order chi connectivity index (χ1) is 18.9. The molecule has 39 heavy (non-hydrogen) atoms. The number of benzene rings is 1. The first-order valence-electron chi connectivity index (χ1n) is 12.5. The molecule has 3 N–H and O–H groups in total. The molecule has 5 heterocycles. The number of nitrogens with two attached hydrogens (primary N) is 1. The van der Waals surface area contributed by atoms with E-state index in [0.717, 1.165) is 31.9 Å². The fourth-order valence-corrected chi connectivity index (χ4v) is 4.87. The molecule has 1 fully saturated rings. The lowest BCUT2D eigenvalue weighted by Gasteiger charge is -2.36. The average Bonchev–Trinajstić information content (AvgIpc) is 3.67. The van der Waals surface area contributed by atoms with Crippen molar-refractivity contribution < 1.29 is 19.1 Å². The molecule has 0 aliphatic carbocycles. The lowest BCUT2D eigenvalue weighted by molar-refractivity contribution is -0.139. The Balaban J connectivity index is 1.15. The van der Waals surface area contributed by atoms with Gasteiger partial charge in [-0.3, -0.25) is 14.0 Å². The number of aryl methyl sites for hydroxylation is 1. The average molecular weight is 534 g/mol. The molecule has 1 aliphatic heterocycles. The molecule has 1 saturated heterocycles. The van der Waals surface area contributed by atoms with E-state index in [1.165, 1.54) is 9.08 Å². The summed E-state index contributed by atoms with van der Waals surface area (Å²) in [6.07, 6.45) is 1.54. The van der Waals surface area contributed by atoms with E-state index >= 15 is 0 Å². The number of furan rings is 1. The molecule has 1 aliphatic rings. The van der Waals surface area contributed by atoms with Gasteiger partial charge in [-0.2, -0.15) is 9.50 Å². The number of carboxylic acids is 1. The summed E-state index contributed by atoms with van der Waals surface area (Å²) < 4.78 is 15.2. The number of carbonyl (C=O) groups is 1. The summed E-state index contributed by atoms with van der Waals surface area (Å²) in [5.41, 5.74) is 8.53. The highest BCUT2D eigenvalue weighted by molar-refractivity contribution is 5.88. The zero-order valence-electron chi connectivity index (χ0n) is 21.2. The van der Waals surface area contributed by atoms with Crippen LogP contribution in [0.2, 0.25) is 0 Å². The van der Waals surface area contributed by atoms with Gasteiger partial charge in [-0.25, -0.2) is 14.6 Å². The molecule has 0 unspecified atom stereocenters. The number of aromatic nitrogens is 6. The second-order valence-electron chi connectivity index (χ2n) is 9.29. The van der Waals surface area contributed by atoms with Crippen LogP contribution in [0.15, 0.2) is 51.9 Å². The summed E-state index contributed by atoms with van der Waals surface area (Å²) in [5.74, 6) is 0.510. The first kappa shape index (κ1) is 24.5. The second-order valence-corrected chi connectivity index (χ2v) is 9.29. The molecule has 0 bridgehead atoms. The molecule has 0 saturated carbocycles. The Morgan fingerprint density at radius 3 is 2.54 bits per heavy atom. The predicted molar refractivity (Wildman–Crippen MR) is 142 cm³/mol. The van der Waals surface area contributed by atoms with Gasteiger partial charge in [0, 0.05) is 52.0 Å². The second kappa shape index (κ2) is 9.79. The monoisotopic (exact) mass is 533 g/mol. The SMILES string of the molecule is Cn1c(=O)n(CCN2CCN(c3ccc(OCC(=O)O)cc3)CC2)c2nc(N)n3nc(-c4ccco4)nc3c21. The van der Waals surface area contributed by atoms with Crippen molar-refractivity contribution in [2.45, 2.75) is 6.54 Å². The van der Waals surface area contributed by atoms with Gasteiger partial charge >= 0.3 is 11.7 Å². The Morgan fingerprint density at radius 1 is 1.08 bits per heavy atom. The van der Waals surface area contributed by atoms with Crippen LogP contribution >= 0.6 is 0 Å². The molecule has 202 valence electrons. The van der Waals surface area contributed by atoms with Crippen LogP contribution in [-0.4, -0.2) is 84.0 Å². The summed E-state index contributed by atoms with van der Waals surface area (Å²) in [6.45, 7) is 4.05. The normalized spacial score (nSPS) is 14.4. The number of fused-ring (bicyclic) bond motifs is 3. The molecule has 6 rings (SSSR count). The number of ether oxygens (including phenoxy) is 1. The van der Waals surface area contributed by atoms with Crippen LogP contribution in [-0.2, 0) is 18.4 Å². The minimum atomic E-state index is -1.01. The molecular formula is C25H27N9O5. The number of carboxylic acid groups (broad SMARTS) is 1. The number of rotatable bonds is 8. The predicted octanol–water partition coefficient (Wildman–Crippen LogP) is 0.906. The smallest absolute Gasteiger partial charge is 0.341 e. The highest BCUT2D eigenvalue weighted by Gasteiger charge is 2.23. The highest BCUT2D eigenvalue weighted by atomic mass is 16.5. The zero-order chi connectivity index (χ0) is 27.1. The fourth-order valence-electron chi connectivity index (χ4n) is 4.87. The maximum Gasteiger partial charge on any atom is 0.341 e. The summed E-state index contributed by atoms with van der Waals surface area (Å²) in [4.78, 5) is 37.5. The van der Waals surface area contributed by atoms with Crippen molar-refractivity contribution in [3.8, 4) is 17.3 Å². The van der Waals surface area contributed by atoms with Crippen LogP contribution in [0.5, 0.6) is 5.75 Å². The van der Waals surface area contributed by atoms with Crippen LogP contribution in [0.25, 0.3) is 28.4 Å². The van der Waals surface area contributed by atoms with E-state index in [1.54, 1.807) is 42.1 Å². The van der Waals surface area contributed by atoms with E-state index in [1.807, 2.05) is 12.1 Å². The topological polar surface area (TPSA) is 162 Å². The lowest BCUT2D eigenvalue weighted by atomic mass is 10.2. The minimum absolute atomic E-state index is 0.134. The fraction of sp³-hybridized carbons (Fsp3) is 0.320. The van der Waals surface area contributed by atoms with Crippen LogP contribution in [0, 0.1) is 0 Å². The van der Waals surface area contributed by atoms with Crippen molar-refractivity contribution in [1.82, 2.24) is 33.6 Å². The molecule has 5 aromatic rings. The molecule has 0 radical (unpaired) electrons. The molecule has 14 nitrogen and oxygen atoms in total. The maximum absolute atomic E-state index is 13.2. The molecule has 1 aromatic carbocycles. The van der Waals surface area contributed by atoms with Gasteiger partial charge in [0.05, 0.1) is 6.26 Å². The Labute approximate surface area is 221 Å². The number of hydrogen-bond acceptors (Lipinski definition) is 10. The zero-order valence-corrected chi connectivity index (χ0v) is 21.2. The van der Waals surface area contributed by atoms with Crippen molar-refractivity contribution in [2.75, 3.05) is 50.0 Å². The van der Waals surface area contributed by atoms with Gasteiger partial charge in [-0.05, 0) is 36.4 Å². The van der Waals surface area contributed by atoms with E-state index in [-0.39, 0.29) is 18.2 Å². The molecular weight excluding hydrogens is 506 g/mol. The third-order valence-corrected chi connectivity index (χ3v) is 6.89. The van der Waals surface area contributed by atoms with Gasteiger partial charge in [0.25, 0.3) is 0 Å². The van der Waals surface area contributed by atoms with Crippen molar-refractivity contribution in [3.05, 3.63) is 53.1 Å². The summed E-state index contributed by atoms with van der Waals surface area (Å²) in [6, 6.07) is 10.9. The van der Waals surface area contributed by atoms with E-state index in [4.69, 9.17) is 20.0 Å². The lowest BCUT2D eigenvalue weighted by Crippen LogP contribution is -2.47. The third kappa shape index (κ3) is 4.54. The van der Waals surface area contributed by atoms with Crippen LogP contribution in [0.3, 0.4) is 0 Å². The highest BCUT2D eigenvalue weighted by Crippen LogP contribution is 2.24. The van der Waals surface area contributed by atoms with Crippen molar-refractivity contribution in [3.63, 3.8) is 0 Å². The molecule has 4 aromatic heterocycles. The first-order valence-corrected chi connectivity index (χ1v) is 12.5. The number of hydrogen-bond donors (Lipinski definition) is 2. The van der Waals surface area contributed by atoms with E-state index in [9.17, 15) is 9.59 Å². The molecule has 0 spiro atoms. The Bertz CT molecular complexity index is 1690. The summed E-state index contributed by atoms with van der Waals surface area (Å²) >= 11 is 0. The number of anilines is 2. The van der Waals surface area contributed by atoms with E-state index in [2.05, 4.69) is 24.9 Å². The quantitative estimate of drug-likeness (QED) is 0.291. The van der Waals surface area contributed by atoms with Gasteiger partial charge in [0.1, 0.15) is 11.3 Å². The number of imidazole rings is 1. The third-order valence-electron chi connectivity index (χ3n) is 6.89. The molecule has 0 atom stereocenters. The van der Waals surface area contributed by atoms with Crippen LogP contribution in [0.4, 0.5) is 11.6 Å². The number of nitrogen functional groups attached to an aromatic ring is 1. The van der Waals surface area contributed by atoms with Gasteiger partial charge in [-0.15, -0.1) is 5.10 Å². The van der Waals surface area contributed by atoms with Gasteiger partial charge < -0.3 is 24.9 Å². The summed E-state index contributed by atoms with van der Waals surface area (Å²) in [7, 11) is 1.69. The van der Waals surface area contributed by atoms with Crippen molar-refractivity contribution in [2.24, 2.45) is 7.05 Å². The Kier molecular flexibility index (Phi) is 6.15. The molecule has 14 heteroatoms. The molecule has 0 amide bonds. The van der Waals surface area contributed by atoms with Gasteiger partial charge in [-0.1, -0.05) is 0 Å². The van der Waals surface area contributed by atoms with Crippen LogP contribution < -0.4 is 21.1 Å². The summed E-state index contributed by atoms with van der Waals surface area (Å²) in [5, 5.41) is 13.2. The van der Waals surface area contributed by atoms with E-state index in [0.29, 0.717) is 47.2 Å². The number of piperazine rings is 1. The number of nitrogens with zero attached hydrogens (tertiary/aromatic N) is 8.